The van der Waals surface area contributed by atoms with Crippen molar-refractivity contribution < 1.29 is 5.11 Å². The van der Waals surface area contributed by atoms with Crippen LogP contribution in [0.25, 0.3) is 0 Å². The lowest BCUT2D eigenvalue weighted by molar-refractivity contribution is 0.461. The highest BCUT2D eigenvalue weighted by atomic mass is 16.3. The first-order chi connectivity index (χ1) is 7.58. The Morgan fingerprint density at radius 2 is 1.38 bits per heavy atom. The fraction of sp³-hybridized carbons (Fsp3) is 0.600. The molecular formula is C15H24O. The number of aromatic hydroxyl groups is 1. The van der Waals surface area contributed by atoms with Crippen molar-refractivity contribution in [2.24, 2.45) is 0 Å². The molecule has 0 aliphatic rings. The molecule has 0 saturated carbocycles. The van der Waals surface area contributed by atoms with E-state index in [0.29, 0.717) is 5.75 Å². The molecule has 1 rings (SSSR count). The van der Waals surface area contributed by atoms with Crippen molar-refractivity contribution in [2.75, 3.05) is 0 Å². The first-order valence-electron chi connectivity index (χ1n) is 6.41. The molecule has 90 valence electrons. The average molecular weight is 220 g/mol. The summed E-state index contributed by atoms with van der Waals surface area (Å²) in [7, 11) is 0. The molecule has 16 heavy (non-hydrogen) atoms. The largest absolute Gasteiger partial charge is 0.507 e. The van der Waals surface area contributed by atoms with Gasteiger partial charge >= 0.3 is 0 Å². The van der Waals surface area contributed by atoms with Gasteiger partial charge in [-0.2, -0.15) is 0 Å². The summed E-state index contributed by atoms with van der Waals surface area (Å²) in [6, 6.07) is 0. The van der Waals surface area contributed by atoms with E-state index in [9.17, 15) is 5.11 Å². The molecule has 0 unspecified atom stereocenters. The molecule has 0 bridgehead atoms. The molecule has 1 aromatic carbocycles. The molecule has 1 N–H and O–H groups in total. The SMILES string of the molecule is CCCc1c(O)c(C)c(C)c(CC)c1CC. The number of benzene rings is 1. The first-order valence-corrected chi connectivity index (χ1v) is 6.41. The molecule has 1 heteroatoms. The van der Waals surface area contributed by atoms with Crippen LogP contribution in [0.1, 0.15) is 55.0 Å². The summed E-state index contributed by atoms with van der Waals surface area (Å²) < 4.78 is 0. The molecule has 0 saturated heterocycles. The third kappa shape index (κ3) is 2.09. The van der Waals surface area contributed by atoms with Crippen LogP contribution in [0, 0.1) is 13.8 Å². The van der Waals surface area contributed by atoms with E-state index < -0.39 is 0 Å². The maximum Gasteiger partial charge on any atom is 0.122 e. The highest BCUT2D eigenvalue weighted by molar-refractivity contribution is 5.54. The number of phenols is 1. The Hall–Kier alpha value is -0.980. The van der Waals surface area contributed by atoms with E-state index in [1.165, 1.54) is 22.3 Å². The Morgan fingerprint density at radius 3 is 1.81 bits per heavy atom. The minimum Gasteiger partial charge on any atom is -0.507 e. The molecule has 0 heterocycles. The third-order valence-corrected chi connectivity index (χ3v) is 3.59. The minimum absolute atomic E-state index is 0.536. The van der Waals surface area contributed by atoms with E-state index in [4.69, 9.17) is 0 Å². The molecule has 0 atom stereocenters. The first kappa shape index (κ1) is 13.1. The maximum atomic E-state index is 10.2. The number of rotatable bonds is 4. The van der Waals surface area contributed by atoms with E-state index in [-0.39, 0.29) is 0 Å². The molecule has 0 aliphatic heterocycles. The Bertz CT molecular complexity index is 378. The van der Waals surface area contributed by atoms with Crippen LogP contribution in [0.5, 0.6) is 5.75 Å². The zero-order valence-corrected chi connectivity index (χ0v) is 11.3. The van der Waals surface area contributed by atoms with Gasteiger partial charge in [-0.05, 0) is 60.9 Å². The molecule has 0 aromatic heterocycles. The molecule has 0 radical (unpaired) electrons. The van der Waals surface area contributed by atoms with Crippen LogP contribution < -0.4 is 0 Å². The van der Waals surface area contributed by atoms with Gasteiger partial charge in [0.15, 0.2) is 0 Å². The van der Waals surface area contributed by atoms with Crippen molar-refractivity contribution in [1.82, 2.24) is 0 Å². The Kier molecular flexibility index (Phi) is 4.40. The second kappa shape index (κ2) is 5.38. The standard InChI is InChI=1S/C15H24O/c1-6-9-14-13(8-3)12(7-2)10(4)11(5)15(14)16/h16H,6-9H2,1-5H3. The van der Waals surface area contributed by atoms with Gasteiger partial charge in [-0.1, -0.05) is 27.2 Å². The smallest absolute Gasteiger partial charge is 0.122 e. The molecule has 0 fully saturated rings. The van der Waals surface area contributed by atoms with Gasteiger partial charge in [0.05, 0.1) is 0 Å². The lowest BCUT2D eigenvalue weighted by Crippen LogP contribution is -2.04. The zero-order valence-electron chi connectivity index (χ0n) is 11.3. The van der Waals surface area contributed by atoms with Gasteiger partial charge in [-0.25, -0.2) is 0 Å². The van der Waals surface area contributed by atoms with E-state index in [2.05, 4.69) is 27.7 Å². The van der Waals surface area contributed by atoms with Crippen molar-refractivity contribution in [1.29, 1.82) is 0 Å². The van der Waals surface area contributed by atoms with Crippen LogP contribution in [0.3, 0.4) is 0 Å². The Balaban J connectivity index is 3.51. The quantitative estimate of drug-likeness (QED) is 0.810. The second-order valence-corrected chi connectivity index (χ2v) is 4.49. The average Bonchev–Trinajstić information content (AvgIpc) is 2.29. The van der Waals surface area contributed by atoms with Crippen LogP contribution >= 0.6 is 0 Å². The van der Waals surface area contributed by atoms with Crippen molar-refractivity contribution in [3.63, 3.8) is 0 Å². The van der Waals surface area contributed by atoms with Gasteiger partial charge in [0.2, 0.25) is 0 Å². The predicted molar refractivity (Wildman–Crippen MR) is 70.3 cm³/mol. The van der Waals surface area contributed by atoms with Gasteiger partial charge in [0.1, 0.15) is 5.75 Å². The summed E-state index contributed by atoms with van der Waals surface area (Å²) in [5.74, 6) is 0.536. The van der Waals surface area contributed by atoms with Crippen molar-refractivity contribution in [3.05, 3.63) is 27.8 Å². The molecule has 1 aromatic rings. The van der Waals surface area contributed by atoms with E-state index in [1.54, 1.807) is 0 Å². The fourth-order valence-corrected chi connectivity index (χ4v) is 2.61. The monoisotopic (exact) mass is 220 g/mol. The van der Waals surface area contributed by atoms with Gasteiger partial charge < -0.3 is 5.11 Å². The van der Waals surface area contributed by atoms with Gasteiger partial charge in [-0.15, -0.1) is 0 Å². The van der Waals surface area contributed by atoms with Gasteiger partial charge in [0, 0.05) is 0 Å². The van der Waals surface area contributed by atoms with E-state index in [0.717, 1.165) is 31.2 Å². The zero-order chi connectivity index (χ0) is 12.3. The van der Waals surface area contributed by atoms with Gasteiger partial charge in [-0.3, -0.25) is 0 Å². The molecule has 1 nitrogen and oxygen atoms in total. The predicted octanol–water partition coefficient (Wildman–Crippen LogP) is 4.09. The molecular weight excluding hydrogens is 196 g/mol. The number of hydrogen-bond acceptors (Lipinski definition) is 1. The fourth-order valence-electron chi connectivity index (χ4n) is 2.61. The second-order valence-electron chi connectivity index (χ2n) is 4.49. The summed E-state index contributed by atoms with van der Waals surface area (Å²) in [5.41, 5.74) is 6.35. The summed E-state index contributed by atoms with van der Waals surface area (Å²) in [4.78, 5) is 0. The van der Waals surface area contributed by atoms with E-state index in [1.807, 2.05) is 6.92 Å². The molecule has 0 amide bonds. The lowest BCUT2D eigenvalue weighted by atomic mass is 9.87. The summed E-state index contributed by atoms with van der Waals surface area (Å²) in [6.07, 6.45) is 4.16. The van der Waals surface area contributed by atoms with Crippen LogP contribution in [0.2, 0.25) is 0 Å². The topological polar surface area (TPSA) is 20.2 Å². The molecule has 0 aliphatic carbocycles. The lowest BCUT2D eigenvalue weighted by Gasteiger charge is -2.19. The minimum atomic E-state index is 0.536. The van der Waals surface area contributed by atoms with Crippen LogP contribution in [0.4, 0.5) is 0 Å². The molecule has 0 spiro atoms. The summed E-state index contributed by atoms with van der Waals surface area (Å²) in [6.45, 7) is 10.7. The van der Waals surface area contributed by atoms with Crippen LogP contribution in [0.15, 0.2) is 0 Å². The van der Waals surface area contributed by atoms with E-state index >= 15 is 0 Å². The van der Waals surface area contributed by atoms with Crippen molar-refractivity contribution in [3.8, 4) is 5.75 Å². The third-order valence-electron chi connectivity index (χ3n) is 3.59. The highest BCUT2D eigenvalue weighted by Gasteiger charge is 2.16. The highest BCUT2D eigenvalue weighted by Crippen LogP contribution is 2.34. The van der Waals surface area contributed by atoms with Gasteiger partial charge in [0.25, 0.3) is 0 Å². The van der Waals surface area contributed by atoms with Crippen LogP contribution in [-0.4, -0.2) is 5.11 Å². The normalized spacial score (nSPS) is 10.8. The van der Waals surface area contributed by atoms with Crippen LogP contribution in [-0.2, 0) is 19.3 Å². The van der Waals surface area contributed by atoms with Crippen molar-refractivity contribution in [2.45, 2.75) is 60.3 Å². The summed E-state index contributed by atoms with van der Waals surface area (Å²) >= 11 is 0. The number of phenolic OH excluding ortho intramolecular Hbond substituents is 1. The number of hydrogen-bond donors (Lipinski definition) is 1. The summed E-state index contributed by atoms with van der Waals surface area (Å²) in [5, 5.41) is 10.2. The van der Waals surface area contributed by atoms with Crippen molar-refractivity contribution >= 4 is 0 Å². The maximum absolute atomic E-state index is 10.2. The Morgan fingerprint density at radius 1 is 0.812 bits per heavy atom. The Labute approximate surface area is 99.5 Å².